The van der Waals surface area contributed by atoms with Crippen LogP contribution in [0.4, 0.5) is 0 Å². The monoisotopic (exact) mass is 306 g/mol. The number of hydrogen-bond acceptors (Lipinski definition) is 5. The first-order valence-electron chi connectivity index (χ1n) is 8.61. The Kier molecular flexibility index (Phi) is 3.96. The Balaban J connectivity index is 1.46. The molecule has 3 fully saturated rings. The van der Waals surface area contributed by atoms with Gasteiger partial charge in [0, 0.05) is 37.9 Å². The highest BCUT2D eigenvalue weighted by Crippen LogP contribution is 2.35. The van der Waals surface area contributed by atoms with E-state index in [4.69, 9.17) is 14.0 Å². The standard InChI is InChI=1S/C17H26N2O3/c1-11-14(12(2)22-18-11)8-19-9-16(21-10-13-5-6-13)17-15(19)4-3-7-20-17/h13,15-17H,3-10H2,1-2H3/t15-,16+,17+/m0/s1. The van der Waals surface area contributed by atoms with Crippen molar-refractivity contribution in [2.45, 2.75) is 64.3 Å². The lowest BCUT2D eigenvalue weighted by Crippen LogP contribution is -2.41. The average molecular weight is 306 g/mol. The number of aryl methyl sites for hydroxylation is 2. The number of hydrogen-bond donors (Lipinski definition) is 0. The van der Waals surface area contributed by atoms with Gasteiger partial charge in [-0.1, -0.05) is 5.16 Å². The van der Waals surface area contributed by atoms with Crippen LogP contribution in [0.2, 0.25) is 0 Å². The van der Waals surface area contributed by atoms with Gasteiger partial charge in [0.25, 0.3) is 0 Å². The molecule has 1 aromatic heterocycles. The first-order chi connectivity index (χ1) is 10.7. The highest BCUT2D eigenvalue weighted by atomic mass is 16.5. The van der Waals surface area contributed by atoms with Crippen molar-refractivity contribution < 1.29 is 14.0 Å². The highest BCUT2D eigenvalue weighted by molar-refractivity contribution is 5.21. The molecular formula is C17H26N2O3. The zero-order chi connectivity index (χ0) is 15.1. The third kappa shape index (κ3) is 2.82. The summed E-state index contributed by atoms with van der Waals surface area (Å²) in [5, 5.41) is 4.08. The molecule has 1 saturated carbocycles. The number of rotatable bonds is 5. The summed E-state index contributed by atoms with van der Waals surface area (Å²) in [5.41, 5.74) is 2.24. The van der Waals surface area contributed by atoms with Crippen LogP contribution in [0.15, 0.2) is 4.52 Å². The Morgan fingerprint density at radius 3 is 2.86 bits per heavy atom. The molecule has 0 bridgehead atoms. The van der Waals surface area contributed by atoms with Gasteiger partial charge in [-0.05, 0) is 45.4 Å². The Hall–Kier alpha value is -0.910. The lowest BCUT2D eigenvalue weighted by Gasteiger charge is -2.32. The van der Waals surface area contributed by atoms with Crippen molar-refractivity contribution in [3.8, 4) is 0 Å². The van der Waals surface area contributed by atoms with E-state index in [0.717, 1.165) is 50.1 Å². The summed E-state index contributed by atoms with van der Waals surface area (Å²) in [6, 6.07) is 0.478. The largest absolute Gasteiger partial charge is 0.374 e. The fraction of sp³-hybridized carbons (Fsp3) is 0.824. The van der Waals surface area contributed by atoms with Crippen molar-refractivity contribution in [2.75, 3.05) is 19.8 Å². The number of likely N-dealkylation sites (tertiary alicyclic amines) is 1. The number of fused-ring (bicyclic) bond motifs is 1. The molecule has 3 atom stereocenters. The summed E-state index contributed by atoms with van der Waals surface area (Å²) < 4.78 is 17.6. The molecule has 0 spiro atoms. The second-order valence-corrected chi connectivity index (χ2v) is 7.09. The van der Waals surface area contributed by atoms with E-state index in [2.05, 4.69) is 10.1 Å². The quantitative estimate of drug-likeness (QED) is 0.836. The number of aromatic nitrogens is 1. The maximum Gasteiger partial charge on any atom is 0.138 e. The fourth-order valence-corrected chi connectivity index (χ4v) is 3.81. The predicted octanol–water partition coefficient (Wildman–Crippen LogP) is 2.45. The zero-order valence-corrected chi connectivity index (χ0v) is 13.6. The maximum absolute atomic E-state index is 6.20. The summed E-state index contributed by atoms with van der Waals surface area (Å²) in [4.78, 5) is 2.52. The molecular weight excluding hydrogens is 280 g/mol. The van der Waals surface area contributed by atoms with Gasteiger partial charge in [-0.3, -0.25) is 4.90 Å². The van der Waals surface area contributed by atoms with Crippen LogP contribution in [-0.2, 0) is 16.0 Å². The Morgan fingerprint density at radius 2 is 2.14 bits per heavy atom. The van der Waals surface area contributed by atoms with Crippen molar-refractivity contribution in [3.05, 3.63) is 17.0 Å². The number of nitrogens with zero attached hydrogens (tertiary/aromatic N) is 2. The summed E-state index contributed by atoms with van der Waals surface area (Å²) in [7, 11) is 0. The van der Waals surface area contributed by atoms with E-state index in [0.29, 0.717) is 6.04 Å². The van der Waals surface area contributed by atoms with Crippen LogP contribution in [0.3, 0.4) is 0 Å². The molecule has 2 saturated heterocycles. The summed E-state index contributed by atoms with van der Waals surface area (Å²) in [5.74, 6) is 1.74. The van der Waals surface area contributed by atoms with Crippen LogP contribution < -0.4 is 0 Å². The van der Waals surface area contributed by atoms with Gasteiger partial charge in [0.1, 0.15) is 11.9 Å². The van der Waals surface area contributed by atoms with Gasteiger partial charge in [-0.15, -0.1) is 0 Å². The first-order valence-corrected chi connectivity index (χ1v) is 8.61. The van der Waals surface area contributed by atoms with Gasteiger partial charge in [0.2, 0.25) is 0 Å². The Morgan fingerprint density at radius 1 is 1.27 bits per heavy atom. The molecule has 22 heavy (non-hydrogen) atoms. The highest BCUT2D eigenvalue weighted by Gasteiger charge is 2.45. The van der Waals surface area contributed by atoms with Gasteiger partial charge in [-0.25, -0.2) is 0 Å². The zero-order valence-electron chi connectivity index (χ0n) is 13.6. The van der Waals surface area contributed by atoms with Crippen molar-refractivity contribution in [1.82, 2.24) is 10.1 Å². The topological polar surface area (TPSA) is 47.7 Å². The van der Waals surface area contributed by atoms with E-state index in [1.54, 1.807) is 0 Å². The Bertz CT molecular complexity index is 506. The van der Waals surface area contributed by atoms with Crippen LogP contribution in [0.5, 0.6) is 0 Å². The van der Waals surface area contributed by atoms with Gasteiger partial charge in [0.05, 0.1) is 11.8 Å². The lowest BCUT2D eigenvalue weighted by molar-refractivity contribution is -0.0792. The molecule has 3 heterocycles. The van der Waals surface area contributed by atoms with Crippen LogP contribution in [0.25, 0.3) is 0 Å². The van der Waals surface area contributed by atoms with Crippen molar-refractivity contribution >= 4 is 0 Å². The minimum atomic E-state index is 0.228. The maximum atomic E-state index is 6.20. The second kappa shape index (κ2) is 5.95. The molecule has 0 radical (unpaired) electrons. The lowest BCUT2D eigenvalue weighted by atomic mass is 10.0. The molecule has 1 aromatic rings. The summed E-state index contributed by atoms with van der Waals surface area (Å²) in [6.45, 7) is 7.68. The van der Waals surface area contributed by atoms with Crippen molar-refractivity contribution in [3.63, 3.8) is 0 Å². The van der Waals surface area contributed by atoms with E-state index in [9.17, 15) is 0 Å². The Labute approximate surface area is 131 Å². The van der Waals surface area contributed by atoms with E-state index in [1.165, 1.54) is 24.8 Å². The van der Waals surface area contributed by atoms with E-state index < -0.39 is 0 Å². The number of ether oxygens (including phenoxy) is 2. The van der Waals surface area contributed by atoms with E-state index >= 15 is 0 Å². The molecule has 122 valence electrons. The molecule has 0 amide bonds. The normalized spacial score (nSPS) is 32.4. The van der Waals surface area contributed by atoms with Crippen LogP contribution in [-0.4, -0.2) is 48.1 Å². The smallest absolute Gasteiger partial charge is 0.138 e. The molecule has 2 aliphatic heterocycles. The molecule has 3 aliphatic rings. The van der Waals surface area contributed by atoms with Crippen LogP contribution in [0, 0.1) is 19.8 Å². The molecule has 0 N–H and O–H groups in total. The van der Waals surface area contributed by atoms with E-state index in [-0.39, 0.29) is 12.2 Å². The third-order valence-electron chi connectivity index (χ3n) is 5.37. The minimum Gasteiger partial charge on any atom is -0.374 e. The molecule has 0 unspecified atom stereocenters. The van der Waals surface area contributed by atoms with Gasteiger partial charge < -0.3 is 14.0 Å². The first kappa shape index (κ1) is 14.7. The average Bonchev–Trinajstić information content (AvgIpc) is 3.23. The van der Waals surface area contributed by atoms with E-state index in [1.807, 2.05) is 13.8 Å². The molecule has 4 rings (SSSR count). The van der Waals surface area contributed by atoms with Gasteiger partial charge in [-0.2, -0.15) is 0 Å². The molecule has 0 aromatic carbocycles. The molecule has 1 aliphatic carbocycles. The SMILES string of the molecule is Cc1noc(C)c1CN1C[C@@H](OCC2CC2)[C@@H]2OCCC[C@@H]21. The predicted molar refractivity (Wildman–Crippen MR) is 81.6 cm³/mol. The molecule has 5 heteroatoms. The van der Waals surface area contributed by atoms with Crippen LogP contribution >= 0.6 is 0 Å². The van der Waals surface area contributed by atoms with Gasteiger partial charge in [0.15, 0.2) is 0 Å². The fourth-order valence-electron chi connectivity index (χ4n) is 3.81. The van der Waals surface area contributed by atoms with Crippen molar-refractivity contribution in [1.29, 1.82) is 0 Å². The summed E-state index contributed by atoms with van der Waals surface area (Å²) >= 11 is 0. The molecule has 5 nitrogen and oxygen atoms in total. The minimum absolute atomic E-state index is 0.228. The second-order valence-electron chi connectivity index (χ2n) is 7.09. The summed E-state index contributed by atoms with van der Waals surface area (Å²) in [6.07, 6.45) is 5.50. The van der Waals surface area contributed by atoms with Crippen LogP contribution in [0.1, 0.15) is 42.7 Å². The third-order valence-corrected chi connectivity index (χ3v) is 5.37. The van der Waals surface area contributed by atoms with Crippen molar-refractivity contribution in [2.24, 2.45) is 5.92 Å². The van der Waals surface area contributed by atoms with Gasteiger partial charge >= 0.3 is 0 Å².